The van der Waals surface area contributed by atoms with Crippen LogP contribution in [-0.2, 0) is 25.5 Å². The van der Waals surface area contributed by atoms with Gasteiger partial charge in [-0.3, -0.25) is 14.5 Å². The van der Waals surface area contributed by atoms with Crippen molar-refractivity contribution in [1.82, 2.24) is 5.32 Å². The van der Waals surface area contributed by atoms with E-state index in [2.05, 4.69) is 5.32 Å². The van der Waals surface area contributed by atoms with Crippen molar-refractivity contribution < 1.29 is 29.0 Å². The number of anilines is 1. The monoisotopic (exact) mass is 493 g/mol. The zero-order chi connectivity index (χ0) is 25.8. The third-order valence-electron chi connectivity index (χ3n) is 5.64. The van der Waals surface area contributed by atoms with Crippen LogP contribution in [0.15, 0.2) is 24.3 Å². The van der Waals surface area contributed by atoms with Gasteiger partial charge in [-0.05, 0) is 56.7 Å². The number of ether oxygens (including phenoxy) is 1. The summed E-state index contributed by atoms with van der Waals surface area (Å²) in [7, 11) is 0. The lowest BCUT2D eigenvalue weighted by molar-refractivity contribution is -0.149. The highest BCUT2D eigenvalue weighted by Crippen LogP contribution is 2.35. The summed E-state index contributed by atoms with van der Waals surface area (Å²) in [6.07, 6.45) is 1.11. The number of thioether (sulfide) groups is 1. The van der Waals surface area contributed by atoms with E-state index in [0.717, 1.165) is 5.56 Å². The van der Waals surface area contributed by atoms with Crippen LogP contribution in [-0.4, -0.2) is 64.1 Å². The maximum absolute atomic E-state index is 13.8. The van der Waals surface area contributed by atoms with Gasteiger partial charge in [-0.15, -0.1) is 0 Å². The molecule has 0 aromatic heterocycles. The minimum Gasteiger partial charge on any atom is -0.480 e. The van der Waals surface area contributed by atoms with Crippen LogP contribution in [0.4, 0.5) is 10.5 Å². The van der Waals surface area contributed by atoms with E-state index in [9.17, 15) is 24.3 Å². The molecule has 188 valence electrons. The highest BCUT2D eigenvalue weighted by molar-refractivity contribution is 7.98. The topological polar surface area (TPSA) is 139 Å². The van der Waals surface area contributed by atoms with Gasteiger partial charge in [0.15, 0.2) is 11.3 Å². The maximum atomic E-state index is 13.8. The van der Waals surface area contributed by atoms with Crippen molar-refractivity contribution >= 4 is 41.2 Å². The summed E-state index contributed by atoms with van der Waals surface area (Å²) in [6.45, 7) is 8.67. The van der Waals surface area contributed by atoms with E-state index in [-0.39, 0.29) is 18.8 Å². The lowest BCUT2D eigenvalue weighted by atomic mass is 9.86. The van der Waals surface area contributed by atoms with Gasteiger partial charge < -0.3 is 20.9 Å². The van der Waals surface area contributed by atoms with Crippen LogP contribution >= 0.6 is 11.8 Å². The predicted molar refractivity (Wildman–Crippen MR) is 132 cm³/mol. The van der Waals surface area contributed by atoms with E-state index < -0.39 is 47.0 Å². The first-order valence-electron chi connectivity index (χ1n) is 11.2. The summed E-state index contributed by atoms with van der Waals surface area (Å²) in [5.74, 6) is -2.65. The number of carboxylic acid groups (broad SMARTS) is 1. The molecular formula is C24H35N3O6S. The molecule has 10 heteroatoms. The molecule has 4 N–H and O–H groups in total. The summed E-state index contributed by atoms with van der Waals surface area (Å²) < 4.78 is 5.32. The Morgan fingerprint density at radius 2 is 1.85 bits per heavy atom. The average Bonchev–Trinajstić information content (AvgIpc) is 3.12. The number of hydrogen-bond acceptors (Lipinski definition) is 7. The van der Waals surface area contributed by atoms with E-state index >= 15 is 0 Å². The van der Waals surface area contributed by atoms with Gasteiger partial charge in [0, 0.05) is 12.1 Å². The summed E-state index contributed by atoms with van der Waals surface area (Å²) in [6, 6.07) is 4.90. The fourth-order valence-electron chi connectivity index (χ4n) is 3.86. The zero-order valence-corrected chi connectivity index (χ0v) is 21.4. The van der Waals surface area contributed by atoms with Crippen molar-refractivity contribution in [2.45, 2.75) is 70.7 Å². The number of nitrogens with one attached hydrogen (secondary N) is 1. The largest absolute Gasteiger partial charge is 0.480 e. The number of aliphatic carboxylic acids is 1. The second kappa shape index (κ2) is 10.8. The lowest BCUT2D eigenvalue weighted by Crippen LogP contribution is -2.64. The highest BCUT2D eigenvalue weighted by atomic mass is 32.2. The summed E-state index contributed by atoms with van der Waals surface area (Å²) in [4.78, 5) is 53.2. The van der Waals surface area contributed by atoms with Gasteiger partial charge in [-0.25, -0.2) is 9.59 Å². The summed E-state index contributed by atoms with van der Waals surface area (Å²) >= 11 is 1.38. The number of carbonyl (C=O) groups excluding carboxylic acids is 3. The van der Waals surface area contributed by atoms with E-state index in [0.29, 0.717) is 11.4 Å². The fourth-order valence-corrected chi connectivity index (χ4v) is 4.39. The van der Waals surface area contributed by atoms with Gasteiger partial charge in [0.25, 0.3) is 5.91 Å². The van der Waals surface area contributed by atoms with E-state index in [1.165, 1.54) is 16.7 Å². The second-order valence-corrected chi connectivity index (χ2v) is 10.8. The SMILES string of the molecule is CSCC[C@](N)(C(=O)O)C(=O)C1Cc2ccccc2N1C(=O)[C@@H](NC(=O)OC(C)(C)C)C(C)C. The maximum Gasteiger partial charge on any atom is 0.408 e. The standard InChI is InChI=1S/C24H35N3O6S/c1-14(2)18(26-22(32)33-23(3,4)5)20(29)27-16-10-8-7-9-15(16)13-17(27)19(28)24(25,21(30)31)11-12-34-6/h7-10,14,17-18H,11-13,25H2,1-6H3,(H,26,32)(H,30,31)/t17?,18-,24+/m0/s1. The number of carbonyl (C=O) groups is 4. The Balaban J connectivity index is 2.46. The molecule has 0 saturated carbocycles. The molecule has 1 aliphatic heterocycles. The van der Waals surface area contributed by atoms with Crippen molar-refractivity contribution in [3.8, 4) is 0 Å². The number of ketones is 1. The average molecular weight is 494 g/mol. The molecule has 9 nitrogen and oxygen atoms in total. The number of carboxylic acids is 1. The molecule has 3 atom stereocenters. The van der Waals surface area contributed by atoms with Gasteiger partial charge in [0.1, 0.15) is 17.7 Å². The number of hydrogen-bond donors (Lipinski definition) is 3. The van der Waals surface area contributed by atoms with Crippen LogP contribution in [0.3, 0.4) is 0 Å². The minimum atomic E-state index is -2.14. The number of alkyl carbamates (subject to hydrolysis) is 1. The Labute approximate surface area is 204 Å². The normalized spacial score (nSPS) is 18.1. The zero-order valence-electron chi connectivity index (χ0n) is 20.6. The van der Waals surface area contributed by atoms with Crippen LogP contribution in [0.5, 0.6) is 0 Å². The first-order chi connectivity index (χ1) is 15.7. The number of nitrogens with two attached hydrogens (primary N) is 1. The summed E-state index contributed by atoms with van der Waals surface area (Å²) in [5, 5.41) is 12.4. The van der Waals surface area contributed by atoms with Crippen LogP contribution in [0, 0.1) is 5.92 Å². The van der Waals surface area contributed by atoms with Gasteiger partial charge in [-0.2, -0.15) is 11.8 Å². The van der Waals surface area contributed by atoms with E-state index in [1.54, 1.807) is 65.1 Å². The molecule has 1 unspecified atom stereocenters. The molecule has 1 heterocycles. The Morgan fingerprint density at radius 3 is 2.38 bits per heavy atom. The van der Waals surface area contributed by atoms with Crippen LogP contribution in [0.1, 0.15) is 46.6 Å². The van der Waals surface area contributed by atoms with E-state index in [4.69, 9.17) is 10.5 Å². The number of Topliss-reactive ketones (excluding diaryl/α,β-unsaturated/α-hetero) is 1. The predicted octanol–water partition coefficient (Wildman–Crippen LogP) is 2.60. The van der Waals surface area contributed by atoms with Crippen LogP contribution < -0.4 is 16.0 Å². The molecular weight excluding hydrogens is 458 g/mol. The highest BCUT2D eigenvalue weighted by Gasteiger charge is 2.51. The van der Waals surface area contributed by atoms with Gasteiger partial charge in [0.2, 0.25) is 0 Å². The van der Waals surface area contributed by atoms with Crippen LogP contribution in [0.25, 0.3) is 0 Å². The quantitative estimate of drug-likeness (QED) is 0.446. The molecule has 1 aliphatic rings. The number of fused-ring (bicyclic) bond motifs is 1. The first-order valence-corrected chi connectivity index (χ1v) is 12.6. The molecule has 2 rings (SSSR count). The Kier molecular flexibility index (Phi) is 8.76. The minimum absolute atomic E-state index is 0.0685. The number of benzene rings is 1. The van der Waals surface area contributed by atoms with Crippen molar-refractivity contribution in [3.63, 3.8) is 0 Å². The van der Waals surface area contributed by atoms with Gasteiger partial charge in [-0.1, -0.05) is 32.0 Å². The number of nitrogens with zero attached hydrogens (tertiary/aromatic N) is 1. The first kappa shape index (κ1) is 27.7. The Morgan fingerprint density at radius 1 is 1.24 bits per heavy atom. The van der Waals surface area contributed by atoms with Gasteiger partial charge in [0.05, 0.1) is 0 Å². The third kappa shape index (κ3) is 6.09. The number of para-hydroxylation sites is 1. The third-order valence-corrected chi connectivity index (χ3v) is 6.26. The van der Waals surface area contributed by atoms with Crippen molar-refractivity contribution in [3.05, 3.63) is 29.8 Å². The van der Waals surface area contributed by atoms with Crippen LogP contribution in [0.2, 0.25) is 0 Å². The molecule has 0 aliphatic carbocycles. The molecule has 2 amide bonds. The molecule has 0 spiro atoms. The molecule has 0 fully saturated rings. The van der Waals surface area contributed by atoms with Crippen molar-refractivity contribution in [2.24, 2.45) is 11.7 Å². The molecule has 0 bridgehead atoms. The Hall–Kier alpha value is -2.59. The lowest BCUT2D eigenvalue weighted by Gasteiger charge is -2.34. The van der Waals surface area contributed by atoms with Gasteiger partial charge >= 0.3 is 12.1 Å². The number of rotatable bonds is 9. The fraction of sp³-hybridized carbons (Fsp3) is 0.583. The molecule has 0 saturated heterocycles. The van der Waals surface area contributed by atoms with Crippen molar-refractivity contribution in [2.75, 3.05) is 16.9 Å². The van der Waals surface area contributed by atoms with Crippen molar-refractivity contribution in [1.29, 1.82) is 0 Å². The summed E-state index contributed by atoms with van der Waals surface area (Å²) in [5.41, 5.74) is 4.47. The molecule has 34 heavy (non-hydrogen) atoms. The molecule has 1 aromatic carbocycles. The second-order valence-electron chi connectivity index (χ2n) is 9.81. The molecule has 0 radical (unpaired) electrons. The smallest absolute Gasteiger partial charge is 0.408 e. The Bertz CT molecular complexity index is 945. The number of amides is 2. The molecule has 1 aromatic rings. The van der Waals surface area contributed by atoms with E-state index in [1.807, 2.05) is 0 Å².